The van der Waals surface area contributed by atoms with E-state index in [0.29, 0.717) is 11.8 Å². The van der Waals surface area contributed by atoms with Crippen molar-refractivity contribution in [2.45, 2.75) is 26.7 Å². The van der Waals surface area contributed by atoms with E-state index < -0.39 is 0 Å². The first-order chi connectivity index (χ1) is 13.2. The molecule has 2 heteroatoms. The largest absolute Gasteiger partial charge is 0.292 e. The van der Waals surface area contributed by atoms with Crippen molar-refractivity contribution < 1.29 is 0 Å². The minimum atomic E-state index is 0.457. The van der Waals surface area contributed by atoms with E-state index in [1.807, 2.05) is 0 Å². The fourth-order valence-electron chi connectivity index (χ4n) is 5.01. The monoisotopic (exact) mass is 350 g/mol. The molecule has 3 aliphatic rings. The third-order valence-corrected chi connectivity index (χ3v) is 6.36. The predicted octanol–water partition coefficient (Wildman–Crippen LogP) is 5.99. The second kappa shape index (κ2) is 5.32. The number of hydrogen-bond acceptors (Lipinski definition) is 1. The van der Waals surface area contributed by atoms with Gasteiger partial charge in [-0.1, -0.05) is 55.5 Å². The summed E-state index contributed by atoms with van der Waals surface area (Å²) in [4.78, 5) is 5.12. The smallest absolute Gasteiger partial charge is 0.145 e. The van der Waals surface area contributed by atoms with E-state index in [4.69, 9.17) is 4.98 Å². The van der Waals surface area contributed by atoms with Gasteiger partial charge in [0.05, 0.1) is 16.9 Å². The van der Waals surface area contributed by atoms with Crippen LogP contribution in [0.3, 0.4) is 0 Å². The summed E-state index contributed by atoms with van der Waals surface area (Å²) in [6.07, 6.45) is 18.2. The maximum absolute atomic E-state index is 5.12. The number of imidazole rings is 1. The lowest BCUT2D eigenvalue weighted by atomic mass is 9.74. The van der Waals surface area contributed by atoms with E-state index in [0.717, 1.165) is 18.5 Å². The average molecular weight is 350 g/mol. The Bertz CT molecular complexity index is 1250. The van der Waals surface area contributed by atoms with Crippen molar-refractivity contribution in [2.75, 3.05) is 0 Å². The molecule has 2 aromatic heterocycles. The van der Waals surface area contributed by atoms with Crippen LogP contribution in [0.1, 0.15) is 41.4 Å². The highest BCUT2D eigenvalue weighted by atomic mass is 15.0. The minimum absolute atomic E-state index is 0.457. The zero-order valence-corrected chi connectivity index (χ0v) is 15.7. The van der Waals surface area contributed by atoms with Gasteiger partial charge in [0.1, 0.15) is 5.65 Å². The molecule has 0 saturated heterocycles. The van der Waals surface area contributed by atoms with Gasteiger partial charge in [-0.25, -0.2) is 4.98 Å². The standard InChI is InChI=1S/C25H22N2/c1-15-10-11-19-23(14-15)27-22-9-4-3-8-21(22)26-25(27)20-13-12-17-16(2)6-5-7-18(17)24(19)20/h4-7,9-14,16-17H,3,8H2,1-2H3. The van der Waals surface area contributed by atoms with Crippen LogP contribution in [-0.2, 0) is 6.42 Å². The lowest BCUT2D eigenvalue weighted by Gasteiger charge is -2.30. The van der Waals surface area contributed by atoms with Crippen LogP contribution in [-0.4, -0.2) is 9.38 Å². The first-order valence-corrected chi connectivity index (χ1v) is 9.93. The average Bonchev–Trinajstić information content (AvgIpc) is 3.08. The molecule has 3 aromatic rings. The highest BCUT2D eigenvalue weighted by Crippen LogP contribution is 2.45. The molecular formula is C25H22N2. The summed E-state index contributed by atoms with van der Waals surface area (Å²) in [5, 5.41) is 1.34. The molecule has 2 nitrogen and oxygen atoms in total. The van der Waals surface area contributed by atoms with E-state index in [2.05, 4.69) is 79.0 Å². The Morgan fingerprint density at radius 1 is 1.15 bits per heavy atom. The SMILES string of the molecule is Cc1ccc2c3c(c4nc5c(n4c2c1)C=CCC5)C=CC1C3=CC=CC1C. The van der Waals surface area contributed by atoms with Crippen LogP contribution in [0, 0.1) is 18.8 Å². The molecule has 0 spiro atoms. The van der Waals surface area contributed by atoms with Crippen molar-refractivity contribution in [3.8, 4) is 0 Å². The molecule has 2 atom stereocenters. The van der Waals surface area contributed by atoms with E-state index in [-0.39, 0.29) is 0 Å². The van der Waals surface area contributed by atoms with Crippen LogP contribution in [0.4, 0.5) is 0 Å². The molecular weight excluding hydrogens is 328 g/mol. The van der Waals surface area contributed by atoms with E-state index >= 15 is 0 Å². The molecule has 1 aromatic carbocycles. The van der Waals surface area contributed by atoms with Gasteiger partial charge < -0.3 is 0 Å². The van der Waals surface area contributed by atoms with Gasteiger partial charge in [-0.05, 0) is 54.5 Å². The second-order valence-corrected chi connectivity index (χ2v) is 8.10. The van der Waals surface area contributed by atoms with Gasteiger partial charge in [-0.15, -0.1) is 0 Å². The molecule has 132 valence electrons. The maximum atomic E-state index is 5.12. The number of benzene rings is 1. The van der Waals surface area contributed by atoms with E-state index in [1.165, 1.54) is 44.6 Å². The highest BCUT2D eigenvalue weighted by molar-refractivity contribution is 6.03. The van der Waals surface area contributed by atoms with Gasteiger partial charge in [0.25, 0.3) is 0 Å². The van der Waals surface area contributed by atoms with Gasteiger partial charge in [-0.3, -0.25) is 4.40 Å². The van der Waals surface area contributed by atoms with Crippen LogP contribution in [0.5, 0.6) is 0 Å². The van der Waals surface area contributed by atoms with Crippen LogP contribution in [0.2, 0.25) is 0 Å². The number of aromatic nitrogens is 2. The van der Waals surface area contributed by atoms with Crippen molar-refractivity contribution in [1.82, 2.24) is 9.38 Å². The van der Waals surface area contributed by atoms with Crippen LogP contribution >= 0.6 is 0 Å². The number of pyridine rings is 1. The summed E-state index contributed by atoms with van der Waals surface area (Å²) < 4.78 is 2.39. The van der Waals surface area contributed by atoms with Crippen molar-refractivity contribution in [1.29, 1.82) is 0 Å². The molecule has 0 saturated carbocycles. The molecule has 6 rings (SSSR count). The summed E-state index contributed by atoms with van der Waals surface area (Å²) in [7, 11) is 0. The molecule has 0 radical (unpaired) electrons. The van der Waals surface area contributed by atoms with Gasteiger partial charge in [0.15, 0.2) is 0 Å². The summed E-state index contributed by atoms with van der Waals surface area (Å²) >= 11 is 0. The lowest BCUT2D eigenvalue weighted by molar-refractivity contribution is 0.621. The summed E-state index contributed by atoms with van der Waals surface area (Å²) in [5.41, 5.74) is 10.3. The van der Waals surface area contributed by atoms with E-state index in [9.17, 15) is 0 Å². The Hall–Kier alpha value is -2.87. The third-order valence-electron chi connectivity index (χ3n) is 6.36. The first kappa shape index (κ1) is 15.2. The molecule has 0 fully saturated rings. The van der Waals surface area contributed by atoms with Crippen molar-refractivity contribution >= 4 is 34.3 Å². The first-order valence-electron chi connectivity index (χ1n) is 9.93. The molecule has 27 heavy (non-hydrogen) atoms. The van der Waals surface area contributed by atoms with Crippen LogP contribution in [0.15, 0.2) is 48.6 Å². The van der Waals surface area contributed by atoms with E-state index in [1.54, 1.807) is 0 Å². The lowest BCUT2D eigenvalue weighted by Crippen LogP contribution is -2.16. The van der Waals surface area contributed by atoms with Crippen LogP contribution in [0.25, 0.3) is 34.3 Å². The van der Waals surface area contributed by atoms with Gasteiger partial charge >= 0.3 is 0 Å². The zero-order valence-electron chi connectivity index (χ0n) is 15.7. The zero-order chi connectivity index (χ0) is 18.1. The number of fused-ring (bicyclic) bond motifs is 10. The Morgan fingerprint density at radius 2 is 2.07 bits per heavy atom. The number of nitrogens with zero attached hydrogens (tertiary/aromatic N) is 2. The van der Waals surface area contributed by atoms with Gasteiger partial charge in [0, 0.05) is 16.9 Å². The molecule has 0 aliphatic heterocycles. The maximum Gasteiger partial charge on any atom is 0.145 e. The van der Waals surface area contributed by atoms with Crippen LogP contribution < -0.4 is 0 Å². The molecule has 3 aliphatic carbocycles. The normalized spacial score (nSPS) is 22.7. The summed E-state index contributed by atoms with van der Waals surface area (Å²) in [5.74, 6) is 0.987. The molecule has 0 amide bonds. The molecule has 0 bridgehead atoms. The molecule has 2 unspecified atom stereocenters. The summed E-state index contributed by atoms with van der Waals surface area (Å²) in [6, 6.07) is 6.87. The third kappa shape index (κ3) is 1.98. The quantitative estimate of drug-likeness (QED) is 0.487. The number of rotatable bonds is 0. The Morgan fingerprint density at radius 3 is 3.00 bits per heavy atom. The van der Waals surface area contributed by atoms with Gasteiger partial charge in [0.2, 0.25) is 0 Å². The van der Waals surface area contributed by atoms with Crippen molar-refractivity contribution in [2.24, 2.45) is 11.8 Å². The summed E-state index contributed by atoms with van der Waals surface area (Å²) in [6.45, 7) is 4.49. The minimum Gasteiger partial charge on any atom is -0.292 e. The number of allylic oxidation sites excluding steroid dienone is 6. The fraction of sp³-hybridized carbons (Fsp3) is 0.240. The Balaban J connectivity index is 1.83. The predicted molar refractivity (Wildman–Crippen MR) is 114 cm³/mol. The van der Waals surface area contributed by atoms with Crippen molar-refractivity contribution in [3.63, 3.8) is 0 Å². The number of aryl methyl sites for hydroxylation is 2. The Labute approximate surface area is 159 Å². The topological polar surface area (TPSA) is 17.3 Å². The Kier molecular flexibility index (Phi) is 3.00. The number of hydrogen-bond donors (Lipinski definition) is 0. The fourth-order valence-corrected chi connectivity index (χ4v) is 5.01. The molecule has 0 N–H and O–H groups in total. The van der Waals surface area contributed by atoms with Gasteiger partial charge in [-0.2, -0.15) is 0 Å². The van der Waals surface area contributed by atoms with Crippen molar-refractivity contribution in [3.05, 3.63) is 76.7 Å². The molecule has 2 heterocycles. The highest BCUT2D eigenvalue weighted by Gasteiger charge is 2.30. The second-order valence-electron chi connectivity index (χ2n) is 8.10.